The van der Waals surface area contributed by atoms with Crippen molar-refractivity contribution in [2.24, 2.45) is 0 Å². The third-order valence-electron chi connectivity index (χ3n) is 3.58. The number of amides is 1. The first-order valence-corrected chi connectivity index (χ1v) is 7.36. The van der Waals surface area contributed by atoms with E-state index in [-0.39, 0.29) is 17.1 Å². The Morgan fingerprint density at radius 1 is 1.12 bits per heavy atom. The van der Waals surface area contributed by atoms with Crippen LogP contribution in [0.3, 0.4) is 0 Å². The molecule has 1 heterocycles. The molecular weight excluding hydrogens is 327 g/mol. The molecule has 0 radical (unpaired) electrons. The van der Waals surface area contributed by atoms with Crippen molar-refractivity contribution >= 4 is 11.6 Å². The van der Waals surface area contributed by atoms with E-state index >= 15 is 0 Å². The summed E-state index contributed by atoms with van der Waals surface area (Å²) in [5.74, 6) is 0.505. The average molecular weight is 342 g/mol. The number of carbonyl (C=O) groups is 1. The van der Waals surface area contributed by atoms with Gasteiger partial charge in [0.25, 0.3) is 5.91 Å². The van der Waals surface area contributed by atoms with E-state index in [4.69, 9.17) is 14.0 Å². The van der Waals surface area contributed by atoms with Crippen LogP contribution in [0, 0.1) is 5.82 Å². The molecule has 128 valence electrons. The highest BCUT2D eigenvalue weighted by molar-refractivity contribution is 6.08. The van der Waals surface area contributed by atoms with E-state index < -0.39 is 5.91 Å². The van der Waals surface area contributed by atoms with Gasteiger partial charge in [0, 0.05) is 11.6 Å². The van der Waals surface area contributed by atoms with Gasteiger partial charge in [-0.25, -0.2) is 4.39 Å². The molecule has 6 nitrogen and oxygen atoms in total. The van der Waals surface area contributed by atoms with Crippen molar-refractivity contribution in [3.63, 3.8) is 0 Å². The van der Waals surface area contributed by atoms with Crippen LogP contribution in [-0.4, -0.2) is 25.3 Å². The number of nitrogens with zero attached hydrogens (tertiary/aromatic N) is 1. The lowest BCUT2D eigenvalue weighted by atomic mass is 10.1. The quantitative estimate of drug-likeness (QED) is 0.764. The Bertz CT molecular complexity index is 890. The molecule has 25 heavy (non-hydrogen) atoms. The highest BCUT2D eigenvalue weighted by Gasteiger charge is 2.19. The Labute approximate surface area is 143 Å². The van der Waals surface area contributed by atoms with Crippen molar-refractivity contribution in [3.05, 3.63) is 60.0 Å². The normalized spacial score (nSPS) is 10.4. The molecule has 0 aliphatic carbocycles. The van der Waals surface area contributed by atoms with Gasteiger partial charge in [-0.15, -0.1) is 0 Å². The number of hydrogen-bond donors (Lipinski definition) is 1. The number of carbonyl (C=O) groups excluding carboxylic acids is 1. The minimum absolute atomic E-state index is 0.226. The zero-order valence-corrected chi connectivity index (χ0v) is 13.6. The summed E-state index contributed by atoms with van der Waals surface area (Å²) in [6, 6.07) is 10.6. The summed E-state index contributed by atoms with van der Waals surface area (Å²) in [6.45, 7) is 0. The van der Waals surface area contributed by atoms with Crippen LogP contribution in [0.15, 0.2) is 53.2 Å². The molecule has 1 N–H and O–H groups in total. The standard InChI is InChI=1S/C18H15FN2O4/c1-23-13-7-8-15(16(9-13)24-2)21-18(22)14-10-20-25-17(14)11-3-5-12(19)6-4-11/h3-10H,1-2H3,(H,21,22). The van der Waals surface area contributed by atoms with Crippen LogP contribution >= 0.6 is 0 Å². The smallest absolute Gasteiger partial charge is 0.261 e. The van der Waals surface area contributed by atoms with E-state index in [1.54, 1.807) is 25.3 Å². The lowest BCUT2D eigenvalue weighted by Crippen LogP contribution is -2.13. The summed E-state index contributed by atoms with van der Waals surface area (Å²) in [4.78, 5) is 12.6. The van der Waals surface area contributed by atoms with Crippen LogP contribution in [0.1, 0.15) is 10.4 Å². The molecule has 1 amide bonds. The van der Waals surface area contributed by atoms with Crippen LogP contribution in [0.5, 0.6) is 11.5 Å². The van der Waals surface area contributed by atoms with Crippen LogP contribution in [0.25, 0.3) is 11.3 Å². The third-order valence-corrected chi connectivity index (χ3v) is 3.58. The van der Waals surface area contributed by atoms with E-state index in [1.807, 2.05) is 0 Å². The topological polar surface area (TPSA) is 73.6 Å². The van der Waals surface area contributed by atoms with Crippen LogP contribution in [0.4, 0.5) is 10.1 Å². The zero-order valence-electron chi connectivity index (χ0n) is 13.6. The molecule has 0 aliphatic heterocycles. The lowest BCUT2D eigenvalue weighted by molar-refractivity contribution is 0.102. The third kappa shape index (κ3) is 3.45. The molecule has 3 rings (SSSR count). The highest BCUT2D eigenvalue weighted by Crippen LogP contribution is 2.30. The molecule has 0 saturated heterocycles. The fourth-order valence-corrected chi connectivity index (χ4v) is 2.30. The van der Waals surface area contributed by atoms with Crippen molar-refractivity contribution < 1.29 is 23.2 Å². The van der Waals surface area contributed by atoms with Crippen LogP contribution in [-0.2, 0) is 0 Å². The molecular formula is C18H15FN2O4. The number of hydrogen-bond acceptors (Lipinski definition) is 5. The number of ether oxygens (including phenoxy) is 2. The molecule has 0 bridgehead atoms. The number of rotatable bonds is 5. The van der Waals surface area contributed by atoms with Gasteiger partial charge in [0.2, 0.25) is 0 Å². The van der Waals surface area contributed by atoms with Gasteiger partial charge in [0.1, 0.15) is 22.9 Å². The Balaban J connectivity index is 1.88. The summed E-state index contributed by atoms with van der Waals surface area (Å²) in [5.41, 5.74) is 1.25. The molecule has 0 saturated carbocycles. The van der Waals surface area contributed by atoms with E-state index in [1.165, 1.54) is 37.6 Å². The minimum atomic E-state index is -0.427. The van der Waals surface area contributed by atoms with Gasteiger partial charge in [0.15, 0.2) is 5.76 Å². The number of aromatic nitrogens is 1. The van der Waals surface area contributed by atoms with Gasteiger partial charge in [0.05, 0.1) is 26.1 Å². The molecule has 7 heteroatoms. The van der Waals surface area contributed by atoms with E-state index in [2.05, 4.69) is 10.5 Å². The van der Waals surface area contributed by atoms with Crippen LogP contribution in [0.2, 0.25) is 0 Å². The maximum absolute atomic E-state index is 13.1. The van der Waals surface area contributed by atoms with Gasteiger partial charge in [-0.05, 0) is 36.4 Å². The van der Waals surface area contributed by atoms with Crippen molar-refractivity contribution in [1.29, 1.82) is 0 Å². The fraction of sp³-hybridized carbons (Fsp3) is 0.111. The predicted octanol–water partition coefficient (Wildman–Crippen LogP) is 3.75. The van der Waals surface area contributed by atoms with E-state index in [0.29, 0.717) is 22.7 Å². The van der Waals surface area contributed by atoms with Gasteiger partial charge in [-0.2, -0.15) is 0 Å². The van der Waals surface area contributed by atoms with Gasteiger partial charge in [-0.1, -0.05) is 5.16 Å². The summed E-state index contributed by atoms with van der Waals surface area (Å²) in [7, 11) is 3.03. The second-order valence-corrected chi connectivity index (χ2v) is 5.10. The molecule has 0 spiro atoms. The number of halogens is 1. The minimum Gasteiger partial charge on any atom is -0.497 e. The maximum atomic E-state index is 13.1. The lowest BCUT2D eigenvalue weighted by Gasteiger charge is -2.11. The number of methoxy groups -OCH3 is 2. The number of nitrogens with one attached hydrogen (secondary N) is 1. The average Bonchev–Trinajstić information content (AvgIpc) is 3.12. The van der Waals surface area contributed by atoms with Gasteiger partial charge in [-0.3, -0.25) is 4.79 Å². The first-order valence-electron chi connectivity index (χ1n) is 7.36. The SMILES string of the molecule is COc1ccc(NC(=O)c2cnoc2-c2ccc(F)cc2)c(OC)c1. The summed E-state index contributed by atoms with van der Waals surface area (Å²) in [6.07, 6.45) is 1.31. The van der Waals surface area contributed by atoms with Crippen molar-refractivity contribution in [2.75, 3.05) is 19.5 Å². The van der Waals surface area contributed by atoms with Gasteiger partial charge < -0.3 is 19.3 Å². The predicted molar refractivity (Wildman–Crippen MR) is 89.4 cm³/mol. The number of anilines is 1. The Morgan fingerprint density at radius 2 is 1.88 bits per heavy atom. The zero-order chi connectivity index (χ0) is 17.8. The first-order chi connectivity index (χ1) is 12.1. The van der Waals surface area contributed by atoms with Gasteiger partial charge >= 0.3 is 0 Å². The largest absolute Gasteiger partial charge is 0.497 e. The highest BCUT2D eigenvalue weighted by atomic mass is 19.1. The van der Waals surface area contributed by atoms with E-state index in [0.717, 1.165) is 0 Å². The molecule has 3 aromatic rings. The summed E-state index contributed by atoms with van der Waals surface area (Å²) in [5, 5.41) is 6.42. The van der Waals surface area contributed by atoms with Crippen molar-refractivity contribution in [1.82, 2.24) is 5.16 Å². The molecule has 0 aliphatic rings. The Morgan fingerprint density at radius 3 is 2.56 bits per heavy atom. The van der Waals surface area contributed by atoms with Crippen LogP contribution < -0.4 is 14.8 Å². The first kappa shape index (κ1) is 16.5. The Kier molecular flexibility index (Phi) is 4.65. The monoisotopic (exact) mass is 342 g/mol. The Hall–Kier alpha value is -3.35. The molecule has 0 unspecified atom stereocenters. The molecule has 2 aromatic carbocycles. The number of benzene rings is 2. The maximum Gasteiger partial charge on any atom is 0.261 e. The van der Waals surface area contributed by atoms with Crippen molar-refractivity contribution in [3.8, 4) is 22.8 Å². The summed E-state index contributed by atoms with van der Waals surface area (Å²) >= 11 is 0. The molecule has 0 atom stereocenters. The molecule has 1 aromatic heterocycles. The second kappa shape index (κ2) is 7.04. The summed E-state index contributed by atoms with van der Waals surface area (Å²) < 4.78 is 28.6. The second-order valence-electron chi connectivity index (χ2n) is 5.10. The van der Waals surface area contributed by atoms with Crippen molar-refractivity contribution in [2.45, 2.75) is 0 Å². The fourth-order valence-electron chi connectivity index (χ4n) is 2.30. The van der Waals surface area contributed by atoms with E-state index in [9.17, 15) is 9.18 Å². The molecule has 0 fully saturated rings.